The molecular formula is C15H26N4O2. The Morgan fingerprint density at radius 1 is 1.24 bits per heavy atom. The Morgan fingerprint density at radius 3 is 2.52 bits per heavy atom. The molecule has 0 amide bonds. The van der Waals surface area contributed by atoms with Crippen LogP contribution in [0.5, 0.6) is 0 Å². The van der Waals surface area contributed by atoms with Crippen molar-refractivity contribution in [1.82, 2.24) is 4.90 Å². The second-order valence-corrected chi connectivity index (χ2v) is 5.44. The Bertz CT molecular complexity index is 463. The Kier molecular flexibility index (Phi) is 6.94. The first-order chi connectivity index (χ1) is 9.97. The number of hydrogen-bond donors (Lipinski definition) is 1. The fraction of sp³-hybridized carbons (Fsp3) is 0.600. The summed E-state index contributed by atoms with van der Waals surface area (Å²) in [4.78, 5) is 15.2. The van der Waals surface area contributed by atoms with Gasteiger partial charge in [0.1, 0.15) is 11.4 Å². The van der Waals surface area contributed by atoms with Crippen molar-refractivity contribution in [2.24, 2.45) is 0 Å². The van der Waals surface area contributed by atoms with Crippen molar-refractivity contribution in [2.45, 2.75) is 19.8 Å². The van der Waals surface area contributed by atoms with Crippen molar-refractivity contribution in [3.63, 3.8) is 0 Å². The molecule has 0 aliphatic heterocycles. The monoisotopic (exact) mass is 294 g/mol. The number of nitro groups is 1. The Hall–Kier alpha value is -1.82. The number of rotatable bonds is 9. The Balaban J connectivity index is 2.91. The normalized spacial score (nSPS) is 10.7. The van der Waals surface area contributed by atoms with Crippen LogP contribution in [0.3, 0.4) is 0 Å². The first-order valence-electron chi connectivity index (χ1n) is 7.34. The maximum Gasteiger partial charge on any atom is 0.315 e. The molecule has 0 aliphatic rings. The van der Waals surface area contributed by atoms with Gasteiger partial charge in [0.15, 0.2) is 0 Å². The van der Waals surface area contributed by atoms with E-state index in [0.29, 0.717) is 11.4 Å². The average molecular weight is 294 g/mol. The van der Waals surface area contributed by atoms with Gasteiger partial charge in [0.2, 0.25) is 0 Å². The smallest absolute Gasteiger partial charge is 0.315 e. The summed E-state index contributed by atoms with van der Waals surface area (Å²) >= 11 is 0. The molecule has 6 nitrogen and oxygen atoms in total. The van der Waals surface area contributed by atoms with E-state index in [0.717, 1.165) is 32.5 Å². The second kappa shape index (κ2) is 8.46. The van der Waals surface area contributed by atoms with Crippen molar-refractivity contribution in [3.05, 3.63) is 28.3 Å². The molecule has 0 spiro atoms. The van der Waals surface area contributed by atoms with E-state index < -0.39 is 0 Å². The quantitative estimate of drug-likeness (QED) is 0.560. The van der Waals surface area contributed by atoms with Crippen LogP contribution in [0.4, 0.5) is 17.1 Å². The molecule has 0 bridgehead atoms. The molecule has 0 radical (unpaired) electrons. The molecule has 0 aromatic heterocycles. The molecule has 21 heavy (non-hydrogen) atoms. The maximum atomic E-state index is 11.4. The van der Waals surface area contributed by atoms with Gasteiger partial charge in [-0.05, 0) is 45.6 Å². The predicted octanol–water partition coefficient (Wildman–Crippen LogP) is 2.80. The maximum absolute atomic E-state index is 11.4. The number of nitrogens with one attached hydrogen (secondary N) is 1. The van der Waals surface area contributed by atoms with Gasteiger partial charge in [-0.15, -0.1) is 0 Å². The van der Waals surface area contributed by atoms with Gasteiger partial charge in [-0.1, -0.05) is 13.0 Å². The van der Waals surface area contributed by atoms with E-state index in [1.54, 1.807) is 6.07 Å². The Labute approximate surface area is 126 Å². The first kappa shape index (κ1) is 17.2. The van der Waals surface area contributed by atoms with Gasteiger partial charge in [-0.2, -0.15) is 0 Å². The Morgan fingerprint density at radius 2 is 1.95 bits per heavy atom. The molecule has 6 heteroatoms. The van der Waals surface area contributed by atoms with E-state index >= 15 is 0 Å². The van der Waals surface area contributed by atoms with Gasteiger partial charge >= 0.3 is 5.69 Å². The summed E-state index contributed by atoms with van der Waals surface area (Å²) in [6.45, 7) is 4.52. The van der Waals surface area contributed by atoms with Gasteiger partial charge in [0.25, 0.3) is 0 Å². The lowest BCUT2D eigenvalue weighted by molar-refractivity contribution is -0.383. The van der Waals surface area contributed by atoms with Crippen LogP contribution in [0, 0.1) is 10.1 Å². The molecule has 0 atom stereocenters. The molecular weight excluding hydrogens is 268 g/mol. The van der Waals surface area contributed by atoms with Crippen molar-refractivity contribution in [3.8, 4) is 0 Å². The molecule has 1 N–H and O–H groups in total. The third-order valence-electron chi connectivity index (χ3n) is 3.27. The molecule has 1 rings (SSSR count). The van der Waals surface area contributed by atoms with Gasteiger partial charge in [-0.25, -0.2) is 0 Å². The summed E-state index contributed by atoms with van der Waals surface area (Å²) in [5.41, 5.74) is 1.43. The highest BCUT2D eigenvalue weighted by Gasteiger charge is 2.21. The molecule has 0 saturated heterocycles. The minimum Gasteiger partial charge on any atom is -0.379 e. The molecule has 1 aromatic carbocycles. The number of benzene rings is 1. The highest BCUT2D eigenvalue weighted by molar-refractivity contribution is 5.76. The van der Waals surface area contributed by atoms with Crippen LogP contribution in [0.2, 0.25) is 0 Å². The summed E-state index contributed by atoms with van der Waals surface area (Å²) in [7, 11) is 5.96. The fourth-order valence-electron chi connectivity index (χ4n) is 2.18. The number of anilines is 2. The lowest BCUT2D eigenvalue weighted by Gasteiger charge is -2.21. The zero-order valence-electron chi connectivity index (χ0n) is 13.4. The van der Waals surface area contributed by atoms with Crippen LogP contribution in [-0.4, -0.2) is 50.6 Å². The SMILES string of the molecule is CCCNc1cccc(N(C)CCCN(C)C)c1[N+](=O)[O-]. The fourth-order valence-corrected chi connectivity index (χ4v) is 2.18. The predicted molar refractivity (Wildman–Crippen MR) is 88.3 cm³/mol. The molecule has 0 fully saturated rings. The van der Waals surface area contributed by atoms with Crippen LogP contribution in [-0.2, 0) is 0 Å². The number of para-hydroxylation sites is 1. The van der Waals surface area contributed by atoms with Gasteiger partial charge in [0.05, 0.1) is 4.92 Å². The minimum absolute atomic E-state index is 0.165. The van der Waals surface area contributed by atoms with Crippen LogP contribution < -0.4 is 10.2 Å². The van der Waals surface area contributed by atoms with Gasteiger partial charge in [-0.3, -0.25) is 10.1 Å². The van der Waals surface area contributed by atoms with Crippen molar-refractivity contribution in [2.75, 3.05) is 51.0 Å². The van der Waals surface area contributed by atoms with Gasteiger partial charge < -0.3 is 15.1 Å². The van der Waals surface area contributed by atoms with Crippen LogP contribution in [0.25, 0.3) is 0 Å². The summed E-state index contributed by atoms with van der Waals surface area (Å²) in [5, 5.41) is 14.6. The van der Waals surface area contributed by atoms with E-state index in [1.807, 2.05) is 45.1 Å². The van der Waals surface area contributed by atoms with E-state index in [9.17, 15) is 10.1 Å². The topological polar surface area (TPSA) is 61.6 Å². The number of nitro benzene ring substituents is 1. The van der Waals surface area contributed by atoms with E-state index in [-0.39, 0.29) is 10.6 Å². The number of nitrogens with zero attached hydrogens (tertiary/aromatic N) is 3. The lowest BCUT2D eigenvalue weighted by atomic mass is 10.2. The van der Waals surface area contributed by atoms with E-state index in [2.05, 4.69) is 10.2 Å². The van der Waals surface area contributed by atoms with Crippen molar-refractivity contribution < 1.29 is 4.92 Å². The molecule has 0 heterocycles. The highest BCUT2D eigenvalue weighted by Crippen LogP contribution is 2.34. The molecule has 0 unspecified atom stereocenters. The largest absolute Gasteiger partial charge is 0.379 e. The zero-order valence-corrected chi connectivity index (χ0v) is 13.4. The molecule has 1 aromatic rings. The summed E-state index contributed by atoms with van der Waals surface area (Å²) in [5.74, 6) is 0. The molecule has 0 aliphatic carbocycles. The highest BCUT2D eigenvalue weighted by atomic mass is 16.6. The number of hydrogen-bond acceptors (Lipinski definition) is 5. The first-order valence-corrected chi connectivity index (χ1v) is 7.34. The third kappa shape index (κ3) is 5.23. The van der Waals surface area contributed by atoms with Crippen LogP contribution in [0.15, 0.2) is 18.2 Å². The summed E-state index contributed by atoms with van der Waals surface area (Å²) < 4.78 is 0. The van der Waals surface area contributed by atoms with Crippen molar-refractivity contribution in [1.29, 1.82) is 0 Å². The summed E-state index contributed by atoms with van der Waals surface area (Å²) in [6.07, 6.45) is 1.90. The van der Waals surface area contributed by atoms with Crippen molar-refractivity contribution >= 4 is 17.1 Å². The third-order valence-corrected chi connectivity index (χ3v) is 3.27. The second-order valence-electron chi connectivity index (χ2n) is 5.44. The molecule has 118 valence electrons. The van der Waals surface area contributed by atoms with Gasteiger partial charge in [0, 0.05) is 20.1 Å². The van der Waals surface area contributed by atoms with Crippen LogP contribution >= 0.6 is 0 Å². The zero-order chi connectivity index (χ0) is 15.8. The van der Waals surface area contributed by atoms with E-state index in [1.165, 1.54) is 0 Å². The molecule has 0 saturated carbocycles. The summed E-state index contributed by atoms with van der Waals surface area (Å²) in [6, 6.07) is 5.44. The minimum atomic E-state index is -0.296. The standard InChI is InChI=1S/C15H26N4O2/c1-5-10-16-13-8-6-9-14(15(13)19(20)21)18(4)12-7-11-17(2)3/h6,8-9,16H,5,7,10-12H2,1-4H3. The average Bonchev–Trinajstić information content (AvgIpc) is 2.43. The van der Waals surface area contributed by atoms with E-state index in [4.69, 9.17) is 0 Å². The lowest BCUT2D eigenvalue weighted by Crippen LogP contribution is -2.24. The van der Waals surface area contributed by atoms with Crippen LogP contribution in [0.1, 0.15) is 19.8 Å².